The summed E-state index contributed by atoms with van der Waals surface area (Å²) in [5.74, 6) is 1.75. The number of nitrogens with two attached hydrogens (primary N) is 1. The predicted molar refractivity (Wildman–Crippen MR) is 86.7 cm³/mol. The molecule has 0 amide bonds. The van der Waals surface area contributed by atoms with Gasteiger partial charge in [-0.25, -0.2) is 0 Å². The molecule has 1 unspecified atom stereocenters. The van der Waals surface area contributed by atoms with E-state index in [1.807, 2.05) is 19.1 Å². The van der Waals surface area contributed by atoms with E-state index >= 15 is 0 Å². The number of aryl methyl sites for hydroxylation is 2. The Morgan fingerprint density at radius 1 is 1.05 bits per heavy atom. The Morgan fingerprint density at radius 3 is 2.48 bits per heavy atom. The van der Waals surface area contributed by atoms with Crippen molar-refractivity contribution in [3.8, 4) is 0 Å². The van der Waals surface area contributed by atoms with Gasteiger partial charge >= 0.3 is 0 Å². The van der Waals surface area contributed by atoms with E-state index in [2.05, 4.69) is 30.0 Å². The monoisotopic (exact) mass is 284 g/mol. The molecule has 0 aliphatic carbocycles. The van der Waals surface area contributed by atoms with Gasteiger partial charge < -0.3 is 15.1 Å². The average molecular weight is 284 g/mol. The Balaban J connectivity index is 1.97. The molecular weight excluding hydrogens is 260 g/mol. The van der Waals surface area contributed by atoms with Crippen LogP contribution in [0.15, 0.2) is 34.7 Å². The van der Waals surface area contributed by atoms with Crippen molar-refractivity contribution in [1.82, 2.24) is 0 Å². The van der Waals surface area contributed by atoms with Gasteiger partial charge in [0.25, 0.3) is 0 Å². The highest BCUT2D eigenvalue weighted by Crippen LogP contribution is 2.32. The van der Waals surface area contributed by atoms with E-state index in [0.717, 1.165) is 30.2 Å². The third-order valence-electron chi connectivity index (χ3n) is 4.29. The fourth-order valence-electron chi connectivity index (χ4n) is 3.10. The van der Waals surface area contributed by atoms with Crippen molar-refractivity contribution in [1.29, 1.82) is 0 Å². The van der Waals surface area contributed by atoms with Crippen LogP contribution in [0.4, 0.5) is 5.69 Å². The number of hydrogen-bond donors (Lipinski definition) is 1. The third kappa shape index (κ3) is 2.98. The maximum absolute atomic E-state index is 6.47. The molecule has 1 aliphatic heterocycles. The summed E-state index contributed by atoms with van der Waals surface area (Å²) >= 11 is 0. The van der Waals surface area contributed by atoms with Crippen LogP contribution in [0.3, 0.4) is 0 Å². The summed E-state index contributed by atoms with van der Waals surface area (Å²) in [6.07, 6.45) is 3.87. The van der Waals surface area contributed by atoms with Crippen LogP contribution < -0.4 is 10.6 Å². The van der Waals surface area contributed by atoms with E-state index in [1.54, 1.807) is 0 Å². The fourth-order valence-corrected chi connectivity index (χ4v) is 3.10. The largest absolute Gasteiger partial charge is 0.464 e. The summed E-state index contributed by atoms with van der Waals surface area (Å²) in [5.41, 5.74) is 10.2. The second-order valence-electron chi connectivity index (χ2n) is 6.04. The number of furan rings is 1. The van der Waals surface area contributed by atoms with Gasteiger partial charge in [-0.15, -0.1) is 0 Å². The first kappa shape index (κ1) is 14.2. The lowest BCUT2D eigenvalue weighted by molar-refractivity contribution is 0.465. The van der Waals surface area contributed by atoms with Gasteiger partial charge in [0, 0.05) is 18.8 Å². The highest BCUT2D eigenvalue weighted by Gasteiger charge is 2.21. The van der Waals surface area contributed by atoms with Crippen LogP contribution in [0.5, 0.6) is 0 Å². The highest BCUT2D eigenvalue weighted by atomic mass is 16.3. The second-order valence-corrected chi connectivity index (χ2v) is 6.04. The lowest BCUT2D eigenvalue weighted by atomic mass is 9.99. The summed E-state index contributed by atoms with van der Waals surface area (Å²) in [6, 6.07) is 10.3. The van der Waals surface area contributed by atoms with Gasteiger partial charge in [-0.05, 0) is 62.4 Å². The minimum Gasteiger partial charge on any atom is -0.464 e. The van der Waals surface area contributed by atoms with Gasteiger partial charge in [-0.3, -0.25) is 0 Å². The molecule has 0 saturated carbocycles. The zero-order chi connectivity index (χ0) is 14.8. The zero-order valence-corrected chi connectivity index (χ0v) is 12.9. The molecule has 21 heavy (non-hydrogen) atoms. The minimum atomic E-state index is -0.198. The molecule has 2 heterocycles. The number of hydrogen-bond acceptors (Lipinski definition) is 3. The fraction of sp³-hybridized carbons (Fsp3) is 0.444. The standard InChI is InChI=1S/C18H24N2O/c1-13-6-8-15(18(19)17-9-7-14(2)21-17)16(12-13)20-10-4-3-5-11-20/h6-9,12,18H,3-5,10-11,19H2,1-2H3. The molecule has 0 bridgehead atoms. The first-order chi connectivity index (χ1) is 10.1. The molecule has 1 aromatic heterocycles. The highest BCUT2D eigenvalue weighted by molar-refractivity contribution is 5.58. The number of nitrogens with zero attached hydrogens (tertiary/aromatic N) is 1. The van der Waals surface area contributed by atoms with Crippen LogP contribution in [0.2, 0.25) is 0 Å². The number of anilines is 1. The van der Waals surface area contributed by atoms with E-state index < -0.39 is 0 Å². The number of piperidine rings is 1. The molecule has 2 N–H and O–H groups in total. The van der Waals surface area contributed by atoms with Crippen molar-refractivity contribution < 1.29 is 4.42 Å². The van der Waals surface area contributed by atoms with Crippen LogP contribution in [0.25, 0.3) is 0 Å². The van der Waals surface area contributed by atoms with Gasteiger partial charge in [-0.2, -0.15) is 0 Å². The summed E-state index contributed by atoms with van der Waals surface area (Å²) in [5, 5.41) is 0. The van der Waals surface area contributed by atoms with Crippen LogP contribution in [0, 0.1) is 13.8 Å². The summed E-state index contributed by atoms with van der Waals surface area (Å²) in [4.78, 5) is 2.47. The van der Waals surface area contributed by atoms with Crippen LogP contribution in [0.1, 0.15) is 48.0 Å². The molecule has 3 nitrogen and oxygen atoms in total. The van der Waals surface area contributed by atoms with E-state index in [1.165, 1.54) is 30.5 Å². The summed E-state index contributed by atoms with van der Waals surface area (Å²) in [6.45, 7) is 6.34. The Morgan fingerprint density at radius 2 is 1.81 bits per heavy atom. The maximum atomic E-state index is 6.47. The SMILES string of the molecule is Cc1ccc(C(N)c2ccc(C)o2)c(N2CCCCC2)c1. The first-order valence-corrected chi connectivity index (χ1v) is 7.82. The van der Waals surface area contributed by atoms with Gasteiger partial charge in [0.05, 0.1) is 6.04 Å². The molecular formula is C18H24N2O. The molecule has 1 atom stereocenters. The minimum absolute atomic E-state index is 0.198. The normalized spacial score (nSPS) is 17.0. The molecule has 3 rings (SSSR count). The van der Waals surface area contributed by atoms with Crippen LogP contribution >= 0.6 is 0 Å². The molecule has 3 heteroatoms. The lowest BCUT2D eigenvalue weighted by Gasteiger charge is -2.32. The second kappa shape index (κ2) is 5.94. The Labute approximate surface area is 126 Å². The molecule has 2 aromatic rings. The van der Waals surface area contributed by atoms with E-state index in [4.69, 9.17) is 10.2 Å². The Kier molecular flexibility index (Phi) is 4.02. The Bertz CT molecular complexity index is 611. The molecule has 1 fully saturated rings. The van der Waals surface area contributed by atoms with Gasteiger partial charge in [0.1, 0.15) is 11.5 Å². The molecule has 0 radical (unpaired) electrons. The van der Waals surface area contributed by atoms with E-state index in [9.17, 15) is 0 Å². The van der Waals surface area contributed by atoms with Gasteiger partial charge in [-0.1, -0.05) is 12.1 Å². The summed E-state index contributed by atoms with van der Waals surface area (Å²) in [7, 11) is 0. The number of benzene rings is 1. The lowest BCUT2D eigenvalue weighted by Crippen LogP contribution is -2.31. The molecule has 0 spiro atoms. The molecule has 1 saturated heterocycles. The Hall–Kier alpha value is -1.74. The van der Waals surface area contributed by atoms with Gasteiger partial charge in [0.15, 0.2) is 0 Å². The predicted octanol–water partition coefficient (Wildman–Crippen LogP) is 3.93. The topological polar surface area (TPSA) is 42.4 Å². The van der Waals surface area contributed by atoms with Crippen molar-refractivity contribution in [2.45, 2.75) is 39.2 Å². The number of rotatable bonds is 3. The summed E-state index contributed by atoms with van der Waals surface area (Å²) < 4.78 is 5.73. The van der Waals surface area contributed by atoms with Gasteiger partial charge in [0.2, 0.25) is 0 Å². The van der Waals surface area contributed by atoms with Crippen LogP contribution in [-0.2, 0) is 0 Å². The maximum Gasteiger partial charge on any atom is 0.125 e. The van der Waals surface area contributed by atoms with Crippen LogP contribution in [-0.4, -0.2) is 13.1 Å². The molecule has 1 aliphatic rings. The van der Waals surface area contributed by atoms with E-state index in [-0.39, 0.29) is 6.04 Å². The smallest absolute Gasteiger partial charge is 0.125 e. The quantitative estimate of drug-likeness (QED) is 0.928. The van der Waals surface area contributed by atoms with Crippen molar-refractivity contribution >= 4 is 5.69 Å². The zero-order valence-electron chi connectivity index (χ0n) is 12.9. The van der Waals surface area contributed by atoms with E-state index in [0.29, 0.717) is 0 Å². The molecule has 1 aromatic carbocycles. The average Bonchev–Trinajstić information content (AvgIpc) is 2.94. The third-order valence-corrected chi connectivity index (χ3v) is 4.29. The van der Waals surface area contributed by atoms with Crippen molar-refractivity contribution in [2.24, 2.45) is 5.73 Å². The van der Waals surface area contributed by atoms with Crippen molar-refractivity contribution in [3.05, 3.63) is 53.0 Å². The molecule has 112 valence electrons. The van der Waals surface area contributed by atoms with Crippen molar-refractivity contribution in [3.63, 3.8) is 0 Å². The van der Waals surface area contributed by atoms with Crippen molar-refractivity contribution in [2.75, 3.05) is 18.0 Å². The first-order valence-electron chi connectivity index (χ1n) is 7.82.